The number of amides is 1. The second kappa shape index (κ2) is 7.59. The molecule has 3 heterocycles. The summed E-state index contributed by atoms with van der Waals surface area (Å²) in [5.74, 6) is -0.581. The summed E-state index contributed by atoms with van der Waals surface area (Å²) in [5, 5.41) is 10.7. The average molecular weight is 423 g/mol. The van der Waals surface area contributed by atoms with Crippen LogP contribution in [0.25, 0.3) is 22.4 Å². The van der Waals surface area contributed by atoms with Gasteiger partial charge in [-0.25, -0.2) is 14.2 Å². The Labute approximate surface area is 174 Å². The molecule has 1 atom stereocenters. The van der Waals surface area contributed by atoms with Gasteiger partial charge < -0.3 is 9.88 Å². The van der Waals surface area contributed by atoms with E-state index in [9.17, 15) is 18.8 Å². The highest BCUT2D eigenvalue weighted by Gasteiger charge is 2.22. The zero-order valence-electron chi connectivity index (χ0n) is 16.9. The van der Waals surface area contributed by atoms with Crippen molar-refractivity contribution in [3.63, 3.8) is 0 Å². The maximum absolute atomic E-state index is 13.1. The van der Waals surface area contributed by atoms with Crippen molar-refractivity contribution >= 4 is 22.9 Å². The van der Waals surface area contributed by atoms with Crippen LogP contribution in [0.3, 0.4) is 0 Å². The fourth-order valence-corrected chi connectivity index (χ4v) is 3.19. The van der Waals surface area contributed by atoms with E-state index in [1.54, 1.807) is 31.2 Å². The minimum atomic E-state index is -0.811. The topological polar surface area (TPSA) is 117 Å². The van der Waals surface area contributed by atoms with Crippen LogP contribution in [0.2, 0.25) is 0 Å². The van der Waals surface area contributed by atoms with E-state index in [0.29, 0.717) is 11.3 Å². The Bertz CT molecular complexity index is 1400. The lowest BCUT2D eigenvalue weighted by molar-refractivity contribution is -0.118. The van der Waals surface area contributed by atoms with Crippen LogP contribution in [0.15, 0.2) is 52.3 Å². The van der Waals surface area contributed by atoms with E-state index in [-0.39, 0.29) is 22.8 Å². The van der Waals surface area contributed by atoms with Crippen molar-refractivity contribution in [2.24, 2.45) is 14.1 Å². The van der Waals surface area contributed by atoms with Crippen LogP contribution in [0, 0.1) is 5.82 Å². The van der Waals surface area contributed by atoms with Crippen molar-refractivity contribution in [2.75, 3.05) is 5.32 Å². The summed E-state index contributed by atoms with van der Waals surface area (Å²) in [7, 11) is 2.87. The van der Waals surface area contributed by atoms with Crippen LogP contribution < -0.4 is 16.6 Å². The first-order chi connectivity index (χ1) is 14.8. The molecule has 0 radical (unpaired) electrons. The molecule has 0 aliphatic carbocycles. The van der Waals surface area contributed by atoms with E-state index in [1.807, 2.05) is 0 Å². The molecule has 1 aromatic carbocycles. The van der Waals surface area contributed by atoms with E-state index in [1.165, 1.54) is 41.7 Å². The first-order valence-corrected chi connectivity index (χ1v) is 9.31. The molecule has 31 heavy (non-hydrogen) atoms. The number of carbonyl (C=O) groups is 1. The number of nitrogens with zero attached hydrogens (tertiary/aromatic N) is 6. The Kier molecular flexibility index (Phi) is 4.93. The molecule has 10 nitrogen and oxygen atoms in total. The Hall–Kier alpha value is -4.15. The monoisotopic (exact) mass is 423 g/mol. The number of benzene rings is 1. The SMILES string of the molecule is CC(C(=O)Nc1ccc(-c2ccc(F)cc2)nn1)n1cnc2c1c(=O)n(C)c(=O)n2C. The fourth-order valence-electron chi connectivity index (χ4n) is 3.19. The molecule has 0 aliphatic rings. The minimum absolute atomic E-state index is 0.144. The molecule has 0 saturated carbocycles. The fraction of sp³-hybridized carbons (Fsp3) is 0.200. The molecule has 1 N–H and O–H groups in total. The van der Waals surface area contributed by atoms with Crippen molar-refractivity contribution in [3.05, 3.63) is 69.4 Å². The van der Waals surface area contributed by atoms with Gasteiger partial charge >= 0.3 is 5.69 Å². The number of anilines is 1. The molecule has 1 amide bonds. The summed E-state index contributed by atoms with van der Waals surface area (Å²) < 4.78 is 16.7. The predicted octanol–water partition coefficient (Wildman–Crippen LogP) is 1.23. The molecule has 3 aromatic heterocycles. The average Bonchev–Trinajstić information content (AvgIpc) is 3.22. The van der Waals surface area contributed by atoms with Gasteiger partial charge in [-0.2, -0.15) is 0 Å². The Morgan fingerprint density at radius 3 is 2.39 bits per heavy atom. The van der Waals surface area contributed by atoms with Crippen molar-refractivity contribution in [1.29, 1.82) is 0 Å². The first-order valence-electron chi connectivity index (χ1n) is 9.31. The van der Waals surface area contributed by atoms with Gasteiger partial charge in [0.1, 0.15) is 11.9 Å². The molecule has 4 aromatic rings. The lowest BCUT2D eigenvalue weighted by Gasteiger charge is -2.14. The number of aryl methyl sites for hydroxylation is 1. The number of carbonyl (C=O) groups excluding carboxylic acids is 1. The zero-order chi connectivity index (χ0) is 22.3. The predicted molar refractivity (Wildman–Crippen MR) is 111 cm³/mol. The van der Waals surface area contributed by atoms with Crippen LogP contribution in [-0.2, 0) is 18.9 Å². The summed E-state index contributed by atoms with van der Waals surface area (Å²) in [5.41, 5.74) is 0.499. The second-order valence-corrected chi connectivity index (χ2v) is 7.01. The van der Waals surface area contributed by atoms with Crippen molar-refractivity contribution in [1.82, 2.24) is 28.9 Å². The maximum Gasteiger partial charge on any atom is 0.332 e. The lowest BCUT2D eigenvalue weighted by atomic mass is 10.1. The molecular weight excluding hydrogens is 405 g/mol. The van der Waals surface area contributed by atoms with Gasteiger partial charge in [0.25, 0.3) is 5.56 Å². The molecule has 4 rings (SSSR count). The smallest absolute Gasteiger partial charge is 0.312 e. The summed E-state index contributed by atoms with van der Waals surface area (Å²) in [4.78, 5) is 41.5. The second-order valence-electron chi connectivity index (χ2n) is 7.01. The molecule has 1 unspecified atom stereocenters. The highest BCUT2D eigenvalue weighted by Crippen LogP contribution is 2.19. The van der Waals surface area contributed by atoms with Crippen molar-refractivity contribution in [2.45, 2.75) is 13.0 Å². The minimum Gasteiger partial charge on any atom is -0.312 e. The number of hydrogen-bond acceptors (Lipinski definition) is 6. The maximum atomic E-state index is 13.1. The van der Waals surface area contributed by atoms with Gasteiger partial charge in [0.2, 0.25) is 5.91 Å². The molecule has 0 saturated heterocycles. The van der Waals surface area contributed by atoms with Crippen LogP contribution in [0.1, 0.15) is 13.0 Å². The Balaban J connectivity index is 1.59. The Morgan fingerprint density at radius 2 is 1.74 bits per heavy atom. The third-order valence-corrected chi connectivity index (χ3v) is 5.03. The van der Waals surface area contributed by atoms with Crippen LogP contribution in [0.5, 0.6) is 0 Å². The van der Waals surface area contributed by atoms with E-state index in [4.69, 9.17) is 0 Å². The summed E-state index contributed by atoms with van der Waals surface area (Å²) in [6.07, 6.45) is 1.35. The van der Waals surface area contributed by atoms with Crippen LogP contribution >= 0.6 is 0 Å². The molecule has 158 valence electrons. The molecule has 0 fully saturated rings. The summed E-state index contributed by atoms with van der Waals surface area (Å²) in [6, 6.07) is 8.22. The standard InChI is InChI=1S/C20H18FN7O3/c1-11(28-10-22-17-16(28)19(30)27(3)20(31)26(17)2)18(29)23-15-9-8-14(24-25-15)12-4-6-13(21)7-5-12/h4-11H,1-3H3,(H,23,25,29). The van der Waals surface area contributed by atoms with Crippen molar-refractivity contribution < 1.29 is 9.18 Å². The van der Waals surface area contributed by atoms with E-state index < -0.39 is 23.2 Å². The highest BCUT2D eigenvalue weighted by molar-refractivity contribution is 5.93. The van der Waals surface area contributed by atoms with E-state index >= 15 is 0 Å². The van der Waals surface area contributed by atoms with Crippen LogP contribution in [-0.4, -0.2) is 34.8 Å². The van der Waals surface area contributed by atoms with Gasteiger partial charge in [-0.3, -0.25) is 18.7 Å². The third-order valence-electron chi connectivity index (χ3n) is 5.03. The zero-order valence-corrected chi connectivity index (χ0v) is 16.9. The van der Waals surface area contributed by atoms with Gasteiger partial charge in [0.05, 0.1) is 12.0 Å². The van der Waals surface area contributed by atoms with Gasteiger partial charge in [-0.1, -0.05) is 0 Å². The number of halogens is 1. The van der Waals surface area contributed by atoms with Crippen molar-refractivity contribution in [3.8, 4) is 11.3 Å². The normalized spacial score (nSPS) is 12.1. The molecule has 0 spiro atoms. The number of imidazole rings is 1. The largest absolute Gasteiger partial charge is 0.332 e. The highest BCUT2D eigenvalue weighted by atomic mass is 19.1. The third kappa shape index (κ3) is 3.50. The number of hydrogen-bond donors (Lipinski definition) is 1. The number of fused-ring (bicyclic) bond motifs is 1. The summed E-state index contributed by atoms with van der Waals surface area (Å²) in [6.45, 7) is 1.60. The van der Waals surface area contributed by atoms with Gasteiger partial charge in [0, 0.05) is 19.7 Å². The van der Waals surface area contributed by atoms with Crippen LogP contribution in [0.4, 0.5) is 10.2 Å². The first kappa shape index (κ1) is 20.1. The Morgan fingerprint density at radius 1 is 1.03 bits per heavy atom. The molecule has 0 bridgehead atoms. The quantitative estimate of drug-likeness (QED) is 0.528. The van der Waals surface area contributed by atoms with Gasteiger partial charge in [0.15, 0.2) is 17.0 Å². The molecular formula is C20H18FN7O3. The molecule has 0 aliphatic heterocycles. The lowest BCUT2D eigenvalue weighted by Crippen LogP contribution is -2.38. The number of aromatic nitrogens is 6. The summed E-state index contributed by atoms with van der Waals surface area (Å²) >= 11 is 0. The van der Waals surface area contributed by atoms with E-state index in [0.717, 1.165) is 4.57 Å². The van der Waals surface area contributed by atoms with E-state index in [2.05, 4.69) is 20.5 Å². The van der Waals surface area contributed by atoms with Gasteiger partial charge in [-0.15, -0.1) is 10.2 Å². The van der Waals surface area contributed by atoms with Gasteiger partial charge in [-0.05, 0) is 43.3 Å². The number of nitrogens with one attached hydrogen (secondary N) is 1. The molecule has 11 heteroatoms. The number of rotatable bonds is 4.